The monoisotopic (exact) mass is 383 g/mol. The highest BCUT2D eigenvalue weighted by atomic mass is 16.5. The van der Waals surface area contributed by atoms with Crippen LogP contribution < -0.4 is 4.74 Å². The Morgan fingerprint density at radius 2 is 2.29 bits per heavy atom. The van der Waals surface area contributed by atoms with Crippen LogP contribution in [0.4, 0.5) is 0 Å². The molecular formula is C21H29N5O2. The van der Waals surface area contributed by atoms with E-state index in [-0.39, 0.29) is 17.9 Å². The molecule has 2 aromatic heterocycles. The van der Waals surface area contributed by atoms with Gasteiger partial charge in [0.15, 0.2) is 0 Å². The summed E-state index contributed by atoms with van der Waals surface area (Å²) in [5.41, 5.74) is 3.07. The minimum atomic E-state index is -0.106. The highest BCUT2D eigenvalue weighted by molar-refractivity contribution is 5.84. The Morgan fingerprint density at radius 1 is 1.39 bits per heavy atom. The Hall–Kier alpha value is -2.41. The number of fused-ring (bicyclic) bond motifs is 1. The van der Waals surface area contributed by atoms with Crippen LogP contribution in [0.3, 0.4) is 0 Å². The third-order valence-electron chi connectivity index (χ3n) is 5.82. The predicted molar refractivity (Wildman–Crippen MR) is 106 cm³/mol. The number of ether oxygens (including phenoxy) is 1. The second-order valence-corrected chi connectivity index (χ2v) is 7.84. The molecule has 1 saturated heterocycles. The maximum Gasteiger partial charge on any atom is 0.231 e. The number of carbonyl (C=O) groups excluding carboxylic acids is 1. The van der Waals surface area contributed by atoms with E-state index >= 15 is 0 Å². The van der Waals surface area contributed by atoms with Gasteiger partial charge in [-0.3, -0.25) is 9.78 Å². The van der Waals surface area contributed by atoms with E-state index in [1.807, 2.05) is 17.0 Å². The summed E-state index contributed by atoms with van der Waals surface area (Å²) in [6.07, 6.45) is 7.31. The Bertz CT molecular complexity index is 821. The molecule has 1 aliphatic carbocycles. The fraction of sp³-hybridized carbons (Fsp3) is 0.571. The van der Waals surface area contributed by atoms with Gasteiger partial charge in [0.1, 0.15) is 11.9 Å². The van der Waals surface area contributed by atoms with Crippen molar-refractivity contribution in [2.24, 2.45) is 0 Å². The lowest BCUT2D eigenvalue weighted by atomic mass is 9.89. The number of aromatic amines is 1. The van der Waals surface area contributed by atoms with Crippen LogP contribution in [0, 0.1) is 0 Å². The average molecular weight is 383 g/mol. The first-order valence-corrected chi connectivity index (χ1v) is 10.2. The summed E-state index contributed by atoms with van der Waals surface area (Å²) in [7, 11) is 2.08. The second-order valence-electron chi connectivity index (χ2n) is 7.84. The number of carbonyl (C=O) groups is 1. The van der Waals surface area contributed by atoms with Gasteiger partial charge in [-0.15, -0.1) is 0 Å². The second kappa shape index (κ2) is 8.31. The largest absolute Gasteiger partial charge is 0.488 e. The van der Waals surface area contributed by atoms with Crippen LogP contribution in [0.15, 0.2) is 24.7 Å². The molecule has 4 rings (SSSR count). The number of hydrogen-bond acceptors (Lipinski definition) is 5. The van der Waals surface area contributed by atoms with Gasteiger partial charge in [0.2, 0.25) is 5.91 Å². The summed E-state index contributed by atoms with van der Waals surface area (Å²) in [6, 6.07) is 3.91. The Morgan fingerprint density at radius 3 is 3.14 bits per heavy atom. The fourth-order valence-corrected chi connectivity index (χ4v) is 4.13. The van der Waals surface area contributed by atoms with Crippen LogP contribution in [0.5, 0.6) is 5.75 Å². The van der Waals surface area contributed by atoms with Gasteiger partial charge >= 0.3 is 0 Å². The number of aryl methyl sites for hydroxylation is 1. The van der Waals surface area contributed by atoms with Crippen molar-refractivity contribution < 1.29 is 9.53 Å². The highest BCUT2D eigenvalue weighted by Crippen LogP contribution is 2.32. The van der Waals surface area contributed by atoms with Crippen molar-refractivity contribution in [3.63, 3.8) is 0 Å². The molecule has 3 heterocycles. The van der Waals surface area contributed by atoms with Gasteiger partial charge in [-0.05, 0) is 38.9 Å². The lowest BCUT2D eigenvalue weighted by Gasteiger charge is -2.25. The fourth-order valence-electron chi connectivity index (χ4n) is 4.13. The summed E-state index contributed by atoms with van der Waals surface area (Å²) in [6.45, 7) is 5.29. The Kier molecular flexibility index (Phi) is 5.62. The van der Waals surface area contributed by atoms with E-state index in [4.69, 9.17) is 4.74 Å². The number of likely N-dealkylation sites (tertiary alicyclic amines) is 1. The molecule has 1 N–H and O–H groups in total. The number of pyridine rings is 1. The summed E-state index contributed by atoms with van der Waals surface area (Å²) in [5, 5.41) is 0. The highest BCUT2D eigenvalue weighted by Gasteiger charge is 2.35. The molecule has 1 fully saturated rings. The van der Waals surface area contributed by atoms with Crippen molar-refractivity contribution in [2.75, 3.05) is 26.7 Å². The van der Waals surface area contributed by atoms with Gasteiger partial charge in [0.25, 0.3) is 0 Å². The Balaban J connectivity index is 1.36. The molecule has 2 unspecified atom stereocenters. The summed E-state index contributed by atoms with van der Waals surface area (Å²) in [4.78, 5) is 29.2. The Labute approximate surface area is 166 Å². The number of rotatable bonds is 6. The molecular weight excluding hydrogens is 354 g/mol. The summed E-state index contributed by atoms with van der Waals surface area (Å²) < 4.78 is 6.18. The number of nitrogens with one attached hydrogen (secondary N) is 1. The summed E-state index contributed by atoms with van der Waals surface area (Å²) in [5.74, 6) is 0.922. The maximum absolute atomic E-state index is 13.1. The van der Waals surface area contributed by atoms with Gasteiger partial charge in [-0.1, -0.05) is 6.92 Å². The first-order valence-electron chi connectivity index (χ1n) is 10.2. The summed E-state index contributed by atoms with van der Waals surface area (Å²) >= 11 is 0. The molecule has 2 aliphatic rings. The topological polar surface area (TPSA) is 74.3 Å². The van der Waals surface area contributed by atoms with E-state index in [1.54, 1.807) is 12.5 Å². The average Bonchev–Trinajstić information content (AvgIpc) is 3.36. The van der Waals surface area contributed by atoms with Crippen molar-refractivity contribution in [3.05, 3.63) is 41.7 Å². The number of hydrogen-bond donors (Lipinski definition) is 1. The predicted octanol–water partition coefficient (Wildman–Crippen LogP) is 2.36. The van der Waals surface area contributed by atoms with E-state index in [2.05, 4.69) is 33.8 Å². The third kappa shape index (κ3) is 4.04. The number of amides is 1. The van der Waals surface area contributed by atoms with E-state index in [0.29, 0.717) is 6.54 Å². The molecule has 0 aromatic carbocycles. The van der Waals surface area contributed by atoms with E-state index in [0.717, 1.165) is 68.1 Å². The van der Waals surface area contributed by atoms with Gasteiger partial charge in [0.05, 0.1) is 30.2 Å². The zero-order valence-electron chi connectivity index (χ0n) is 16.7. The van der Waals surface area contributed by atoms with Crippen molar-refractivity contribution >= 4 is 5.91 Å². The number of H-pyrrole nitrogens is 1. The van der Waals surface area contributed by atoms with Crippen LogP contribution in [-0.4, -0.2) is 63.4 Å². The number of imidazole rings is 1. The van der Waals surface area contributed by atoms with Crippen LogP contribution in [-0.2, 0) is 17.8 Å². The molecule has 0 radical (unpaired) electrons. The van der Waals surface area contributed by atoms with Gasteiger partial charge in [-0.25, -0.2) is 4.98 Å². The van der Waals surface area contributed by atoms with Crippen molar-refractivity contribution in [1.29, 1.82) is 0 Å². The minimum Gasteiger partial charge on any atom is -0.488 e. The van der Waals surface area contributed by atoms with Gasteiger partial charge < -0.3 is 19.5 Å². The van der Waals surface area contributed by atoms with Crippen molar-refractivity contribution in [2.45, 2.75) is 51.2 Å². The van der Waals surface area contributed by atoms with Crippen molar-refractivity contribution in [3.8, 4) is 5.75 Å². The quantitative estimate of drug-likeness (QED) is 0.829. The number of aromatic nitrogens is 3. The third-order valence-corrected chi connectivity index (χ3v) is 5.82. The lowest BCUT2D eigenvalue weighted by Crippen LogP contribution is -2.36. The zero-order valence-corrected chi connectivity index (χ0v) is 16.7. The number of nitrogens with zero attached hydrogens (tertiary/aromatic N) is 4. The van der Waals surface area contributed by atoms with Crippen LogP contribution in [0.2, 0.25) is 0 Å². The van der Waals surface area contributed by atoms with E-state index < -0.39 is 0 Å². The molecule has 0 spiro atoms. The van der Waals surface area contributed by atoms with Crippen LogP contribution in [0.1, 0.15) is 49.2 Å². The molecule has 2 atom stereocenters. The normalized spacial score (nSPS) is 21.8. The van der Waals surface area contributed by atoms with Crippen LogP contribution in [0.25, 0.3) is 0 Å². The smallest absolute Gasteiger partial charge is 0.231 e. The molecule has 0 bridgehead atoms. The van der Waals surface area contributed by atoms with Gasteiger partial charge in [-0.2, -0.15) is 0 Å². The molecule has 150 valence electrons. The molecule has 28 heavy (non-hydrogen) atoms. The van der Waals surface area contributed by atoms with E-state index in [1.165, 1.54) is 0 Å². The van der Waals surface area contributed by atoms with Crippen LogP contribution >= 0.6 is 0 Å². The molecule has 7 heteroatoms. The SMILES string of the molecule is CCN(C)Cc1cc(OC2CCN(C(=O)C3CCCc4[nH]cnc43)C2)ccn1. The molecule has 7 nitrogen and oxygen atoms in total. The van der Waals surface area contributed by atoms with Gasteiger partial charge in [0, 0.05) is 37.5 Å². The molecule has 1 aliphatic heterocycles. The van der Waals surface area contributed by atoms with E-state index in [9.17, 15) is 4.79 Å². The molecule has 0 saturated carbocycles. The first kappa shape index (κ1) is 18.9. The minimum absolute atomic E-state index is 0.0327. The molecule has 1 amide bonds. The first-order chi connectivity index (χ1) is 13.6. The maximum atomic E-state index is 13.1. The zero-order chi connectivity index (χ0) is 19.5. The molecule has 2 aromatic rings. The van der Waals surface area contributed by atoms with Crippen molar-refractivity contribution in [1.82, 2.24) is 24.8 Å². The lowest BCUT2D eigenvalue weighted by molar-refractivity contribution is -0.132. The standard InChI is InChI=1S/C21H29N5O2/c1-3-25(2)12-15-11-16(7-9-22-15)28-17-8-10-26(13-17)21(27)18-5-4-6-19-20(18)24-14-23-19/h7,9,11,14,17-18H,3-6,8,10,12-13H2,1-2H3,(H,23,24).